The summed E-state index contributed by atoms with van der Waals surface area (Å²) in [6.07, 6.45) is 8.94. The van der Waals surface area contributed by atoms with Gasteiger partial charge in [-0.05, 0) is 49.1 Å². The molecular formula is C21H20N4O2. The summed E-state index contributed by atoms with van der Waals surface area (Å²) in [6.45, 7) is 3.44. The second-order valence-electron chi connectivity index (χ2n) is 6.78. The standard InChI is InChI=1S/C21H20N4O2/c1-4-21(2,3)25-20(27)18-13-16(8-10-23-18)24-19(26)12-14-5-6-15-7-9-22-17(15)11-14/h1,5-11,13,22H,12H2,2-3H3,(H,25,27)(H,23,24,26). The number of carbonyl (C=O) groups excluding carboxylic acids is 2. The van der Waals surface area contributed by atoms with Gasteiger partial charge in [-0.3, -0.25) is 14.6 Å². The average molecular weight is 360 g/mol. The van der Waals surface area contributed by atoms with E-state index < -0.39 is 11.4 Å². The summed E-state index contributed by atoms with van der Waals surface area (Å²) in [6, 6.07) is 11.0. The highest BCUT2D eigenvalue weighted by atomic mass is 16.2. The molecule has 3 N–H and O–H groups in total. The Morgan fingerprint density at radius 1 is 1.22 bits per heavy atom. The zero-order valence-corrected chi connectivity index (χ0v) is 15.2. The number of nitrogens with zero attached hydrogens (tertiary/aromatic N) is 1. The fourth-order valence-electron chi connectivity index (χ4n) is 2.61. The van der Waals surface area contributed by atoms with Gasteiger partial charge >= 0.3 is 0 Å². The third-order valence-corrected chi connectivity index (χ3v) is 4.05. The van der Waals surface area contributed by atoms with Crippen molar-refractivity contribution in [3.8, 4) is 12.3 Å². The molecule has 0 aliphatic heterocycles. The van der Waals surface area contributed by atoms with Gasteiger partial charge in [0.1, 0.15) is 5.69 Å². The van der Waals surface area contributed by atoms with Crippen LogP contribution in [0.3, 0.4) is 0 Å². The van der Waals surface area contributed by atoms with Crippen LogP contribution in [0.4, 0.5) is 5.69 Å². The first kappa shape index (κ1) is 18.2. The minimum atomic E-state index is -0.783. The lowest BCUT2D eigenvalue weighted by molar-refractivity contribution is -0.115. The molecule has 0 saturated carbocycles. The Morgan fingerprint density at radius 2 is 2.04 bits per heavy atom. The molecule has 3 rings (SSSR count). The van der Waals surface area contributed by atoms with Crippen LogP contribution in [0.2, 0.25) is 0 Å². The Morgan fingerprint density at radius 3 is 2.81 bits per heavy atom. The van der Waals surface area contributed by atoms with Crippen LogP contribution in [0, 0.1) is 12.3 Å². The summed E-state index contributed by atoms with van der Waals surface area (Å²) in [5.41, 5.74) is 1.78. The molecule has 6 nitrogen and oxygen atoms in total. The number of pyridine rings is 1. The van der Waals surface area contributed by atoms with Crippen LogP contribution in [-0.2, 0) is 11.2 Å². The van der Waals surface area contributed by atoms with Crippen LogP contribution in [0.15, 0.2) is 48.8 Å². The molecule has 0 bridgehead atoms. The Labute approximate surface area is 157 Å². The number of rotatable bonds is 5. The molecule has 0 aliphatic carbocycles. The lowest BCUT2D eigenvalue weighted by Crippen LogP contribution is -2.42. The van der Waals surface area contributed by atoms with Crippen molar-refractivity contribution < 1.29 is 9.59 Å². The molecule has 6 heteroatoms. The van der Waals surface area contributed by atoms with Crippen molar-refractivity contribution in [2.75, 3.05) is 5.32 Å². The van der Waals surface area contributed by atoms with Gasteiger partial charge in [-0.25, -0.2) is 0 Å². The highest BCUT2D eigenvalue weighted by Crippen LogP contribution is 2.15. The fraction of sp³-hybridized carbons (Fsp3) is 0.190. The van der Waals surface area contributed by atoms with Gasteiger partial charge in [0.05, 0.1) is 12.0 Å². The zero-order chi connectivity index (χ0) is 19.4. The second-order valence-corrected chi connectivity index (χ2v) is 6.78. The zero-order valence-electron chi connectivity index (χ0n) is 15.2. The first-order valence-electron chi connectivity index (χ1n) is 8.48. The molecule has 27 heavy (non-hydrogen) atoms. The van der Waals surface area contributed by atoms with Crippen molar-refractivity contribution in [3.05, 3.63) is 60.0 Å². The van der Waals surface area contributed by atoms with Gasteiger partial charge < -0.3 is 15.6 Å². The van der Waals surface area contributed by atoms with E-state index >= 15 is 0 Å². The molecule has 0 saturated heterocycles. The van der Waals surface area contributed by atoms with Crippen molar-refractivity contribution in [3.63, 3.8) is 0 Å². The monoisotopic (exact) mass is 360 g/mol. The van der Waals surface area contributed by atoms with Crippen molar-refractivity contribution in [1.82, 2.24) is 15.3 Å². The molecule has 0 atom stereocenters. The lowest BCUT2D eigenvalue weighted by Gasteiger charge is -2.19. The normalized spacial score (nSPS) is 11.0. The number of fused-ring (bicyclic) bond motifs is 1. The van der Waals surface area contributed by atoms with E-state index in [1.54, 1.807) is 19.9 Å². The molecule has 0 fully saturated rings. The summed E-state index contributed by atoms with van der Waals surface area (Å²) in [7, 11) is 0. The van der Waals surface area contributed by atoms with Crippen molar-refractivity contribution in [2.24, 2.45) is 0 Å². The van der Waals surface area contributed by atoms with E-state index in [0.717, 1.165) is 16.5 Å². The molecule has 0 aliphatic rings. The number of terminal acetylenes is 1. The first-order chi connectivity index (χ1) is 12.9. The van der Waals surface area contributed by atoms with E-state index in [9.17, 15) is 9.59 Å². The molecule has 0 radical (unpaired) electrons. The van der Waals surface area contributed by atoms with Crippen LogP contribution >= 0.6 is 0 Å². The lowest BCUT2D eigenvalue weighted by atomic mass is 10.1. The Hall–Kier alpha value is -3.59. The van der Waals surface area contributed by atoms with Crippen LogP contribution in [0.5, 0.6) is 0 Å². The van der Waals surface area contributed by atoms with Crippen LogP contribution in [0.1, 0.15) is 29.9 Å². The molecule has 3 aromatic rings. The van der Waals surface area contributed by atoms with Gasteiger partial charge in [0, 0.05) is 23.6 Å². The maximum atomic E-state index is 12.3. The van der Waals surface area contributed by atoms with Crippen molar-refractivity contribution >= 4 is 28.4 Å². The van der Waals surface area contributed by atoms with Gasteiger partial charge in [0.2, 0.25) is 5.91 Å². The maximum absolute atomic E-state index is 12.3. The molecule has 2 amide bonds. The summed E-state index contributed by atoms with van der Waals surface area (Å²) >= 11 is 0. The third-order valence-electron chi connectivity index (χ3n) is 4.05. The largest absolute Gasteiger partial charge is 0.361 e. The highest BCUT2D eigenvalue weighted by Gasteiger charge is 2.19. The van der Waals surface area contributed by atoms with Crippen molar-refractivity contribution in [1.29, 1.82) is 0 Å². The van der Waals surface area contributed by atoms with Crippen LogP contribution in [-0.4, -0.2) is 27.3 Å². The van der Waals surface area contributed by atoms with Gasteiger partial charge in [-0.15, -0.1) is 6.42 Å². The molecule has 2 aromatic heterocycles. The summed E-state index contributed by atoms with van der Waals surface area (Å²) in [5.74, 6) is 1.92. The molecule has 136 valence electrons. The molecular weight excluding hydrogens is 340 g/mol. The first-order valence-corrected chi connectivity index (χ1v) is 8.48. The Kier molecular flexibility index (Phi) is 4.95. The number of benzene rings is 1. The third kappa shape index (κ3) is 4.53. The fourth-order valence-corrected chi connectivity index (χ4v) is 2.61. The molecule has 1 aromatic carbocycles. The number of amides is 2. The maximum Gasteiger partial charge on any atom is 0.271 e. The average Bonchev–Trinajstić information content (AvgIpc) is 3.09. The smallest absolute Gasteiger partial charge is 0.271 e. The number of hydrogen-bond donors (Lipinski definition) is 3. The number of aromatic amines is 1. The van der Waals surface area contributed by atoms with Gasteiger partial charge in [-0.2, -0.15) is 0 Å². The van der Waals surface area contributed by atoms with E-state index in [1.807, 2.05) is 30.5 Å². The second kappa shape index (κ2) is 7.34. The van der Waals surface area contributed by atoms with Crippen LogP contribution in [0.25, 0.3) is 10.9 Å². The number of aromatic nitrogens is 2. The topological polar surface area (TPSA) is 86.9 Å². The predicted molar refractivity (Wildman–Crippen MR) is 105 cm³/mol. The van der Waals surface area contributed by atoms with Gasteiger partial charge in [0.25, 0.3) is 5.91 Å². The van der Waals surface area contributed by atoms with Crippen molar-refractivity contribution in [2.45, 2.75) is 25.8 Å². The minimum Gasteiger partial charge on any atom is -0.361 e. The Bertz CT molecular complexity index is 1040. The molecule has 0 spiro atoms. The van der Waals surface area contributed by atoms with E-state index in [-0.39, 0.29) is 18.0 Å². The number of carbonyl (C=O) groups is 2. The summed E-state index contributed by atoms with van der Waals surface area (Å²) < 4.78 is 0. The summed E-state index contributed by atoms with van der Waals surface area (Å²) in [4.78, 5) is 31.8. The number of nitrogens with one attached hydrogen (secondary N) is 3. The van der Waals surface area contributed by atoms with Gasteiger partial charge in [-0.1, -0.05) is 18.1 Å². The molecule has 0 unspecified atom stereocenters. The Balaban J connectivity index is 1.67. The number of anilines is 1. The van der Waals surface area contributed by atoms with Gasteiger partial charge in [0.15, 0.2) is 0 Å². The number of hydrogen-bond acceptors (Lipinski definition) is 3. The predicted octanol–water partition coefficient (Wildman–Crippen LogP) is 2.89. The van der Waals surface area contributed by atoms with E-state index in [0.29, 0.717) is 5.69 Å². The highest BCUT2D eigenvalue weighted by molar-refractivity contribution is 5.96. The van der Waals surface area contributed by atoms with Crippen LogP contribution < -0.4 is 10.6 Å². The van der Waals surface area contributed by atoms with E-state index in [2.05, 4.69) is 26.5 Å². The van der Waals surface area contributed by atoms with E-state index in [1.165, 1.54) is 12.3 Å². The summed E-state index contributed by atoms with van der Waals surface area (Å²) in [5, 5.41) is 6.59. The minimum absolute atomic E-state index is 0.178. The molecule has 2 heterocycles. The SMILES string of the molecule is C#CC(C)(C)NC(=O)c1cc(NC(=O)Cc2ccc3cc[nH]c3c2)ccn1. The number of H-pyrrole nitrogens is 1. The van der Waals surface area contributed by atoms with E-state index in [4.69, 9.17) is 6.42 Å². The quantitative estimate of drug-likeness (QED) is 0.612.